The zero-order valence-electron chi connectivity index (χ0n) is 7.87. The number of halogens is 1. The Bertz CT molecular complexity index is 345. The number of nitrogens with zero attached hydrogens (tertiary/aromatic N) is 2. The van der Waals surface area contributed by atoms with Crippen LogP contribution in [0.4, 0.5) is 5.82 Å². The van der Waals surface area contributed by atoms with E-state index in [4.69, 9.17) is 22.1 Å². The van der Waals surface area contributed by atoms with E-state index in [1.807, 2.05) is 0 Å². The van der Waals surface area contributed by atoms with Crippen molar-refractivity contribution in [1.82, 2.24) is 9.97 Å². The van der Waals surface area contributed by atoms with E-state index in [1.54, 1.807) is 13.8 Å². The second-order valence-electron chi connectivity index (χ2n) is 2.56. The topological polar surface area (TPSA) is 78.1 Å². The number of esters is 1. The molecule has 14 heavy (non-hydrogen) atoms. The van der Waals surface area contributed by atoms with Gasteiger partial charge < -0.3 is 10.5 Å². The number of hydrogen-bond donors (Lipinski definition) is 1. The predicted molar refractivity (Wildman–Crippen MR) is 52.1 cm³/mol. The van der Waals surface area contributed by atoms with E-state index in [9.17, 15) is 4.79 Å². The third kappa shape index (κ3) is 2.11. The van der Waals surface area contributed by atoms with Crippen molar-refractivity contribution in [2.45, 2.75) is 13.8 Å². The number of nitrogens with two attached hydrogens (primary N) is 1. The number of rotatable bonds is 2. The molecule has 0 bridgehead atoms. The smallest absolute Gasteiger partial charge is 0.343 e. The first kappa shape index (κ1) is 10.7. The number of anilines is 1. The highest BCUT2D eigenvalue weighted by Crippen LogP contribution is 2.16. The minimum atomic E-state index is -0.529. The lowest BCUT2D eigenvalue weighted by atomic mass is 10.2. The van der Waals surface area contributed by atoms with E-state index in [-0.39, 0.29) is 23.3 Å². The summed E-state index contributed by atoms with van der Waals surface area (Å²) < 4.78 is 4.79. The van der Waals surface area contributed by atoms with Crippen LogP contribution in [0.1, 0.15) is 23.0 Å². The molecule has 0 amide bonds. The molecule has 1 heterocycles. The van der Waals surface area contributed by atoms with Crippen molar-refractivity contribution >= 4 is 23.4 Å². The Morgan fingerprint density at radius 2 is 2.21 bits per heavy atom. The fourth-order valence-corrected chi connectivity index (χ4v) is 1.23. The molecule has 2 N–H and O–H groups in total. The van der Waals surface area contributed by atoms with Crippen molar-refractivity contribution in [3.63, 3.8) is 0 Å². The molecule has 0 aliphatic heterocycles. The molecule has 6 heteroatoms. The standard InChI is InChI=1S/C8H10ClN3O2/c1-3-14-7(13)5-4(2)11-8(9)12-6(5)10/h3H2,1-2H3,(H2,10,11,12). The summed E-state index contributed by atoms with van der Waals surface area (Å²) in [6, 6.07) is 0. The van der Waals surface area contributed by atoms with Crippen LogP contribution >= 0.6 is 11.6 Å². The molecule has 0 saturated carbocycles. The van der Waals surface area contributed by atoms with Crippen molar-refractivity contribution in [1.29, 1.82) is 0 Å². The first-order chi connectivity index (χ1) is 6.56. The van der Waals surface area contributed by atoms with Gasteiger partial charge in [0.15, 0.2) is 0 Å². The molecule has 76 valence electrons. The molecule has 0 aliphatic carbocycles. The van der Waals surface area contributed by atoms with E-state index in [0.717, 1.165) is 0 Å². The second-order valence-corrected chi connectivity index (χ2v) is 2.90. The molecule has 0 saturated heterocycles. The summed E-state index contributed by atoms with van der Waals surface area (Å²) in [6.45, 7) is 3.61. The maximum absolute atomic E-state index is 11.4. The van der Waals surface area contributed by atoms with Gasteiger partial charge in [-0.2, -0.15) is 0 Å². The molecule has 0 aliphatic rings. The maximum atomic E-state index is 11.4. The van der Waals surface area contributed by atoms with Crippen LogP contribution in [0.15, 0.2) is 0 Å². The first-order valence-electron chi connectivity index (χ1n) is 4.03. The fourth-order valence-electron chi connectivity index (χ4n) is 1.02. The summed E-state index contributed by atoms with van der Waals surface area (Å²) in [6.07, 6.45) is 0. The Labute approximate surface area is 86.2 Å². The van der Waals surface area contributed by atoms with Crippen LogP contribution < -0.4 is 5.73 Å². The number of carbonyl (C=O) groups is 1. The van der Waals surface area contributed by atoms with Gasteiger partial charge in [-0.3, -0.25) is 0 Å². The average molecular weight is 216 g/mol. The maximum Gasteiger partial charge on any atom is 0.343 e. The predicted octanol–water partition coefficient (Wildman–Crippen LogP) is 1.20. The van der Waals surface area contributed by atoms with Gasteiger partial charge in [0.25, 0.3) is 0 Å². The van der Waals surface area contributed by atoms with Crippen molar-refractivity contribution in [2.24, 2.45) is 0 Å². The van der Waals surface area contributed by atoms with Crippen LogP contribution in [0.5, 0.6) is 0 Å². The van der Waals surface area contributed by atoms with Crippen LogP contribution in [0.2, 0.25) is 5.28 Å². The number of hydrogen-bond acceptors (Lipinski definition) is 5. The van der Waals surface area contributed by atoms with Crippen molar-refractivity contribution in [3.05, 3.63) is 16.5 Å². The largest absolute Gasteiger partial charge is 0.462 e. The Hall–Kier alpha value is -1.36. The lowest BCUT2D eigenvalue weighted by Gasteiger charge is -2.06. The van der Waals surface area contributed by atoms with Crippen LogP contribution in [0, 0.1) is 6.92 Å². The van der Waals surface area contributed by atoms with Gasteiger partial charge in [-0.15, -0.1) is 0 Å². The normalized spacial score (nSPS) is 9.93. The molecule has 1 aromatic rings. The van der Waals surface area contributed by atoms with Crippen LogP contribution in [0.3, 0.4) is 0 Å². The first-order valence-corrected chi connectivity index (χ1v) is 4.40. The minimum Gasteiger partial charge on any atom is -0.462 e. The highest BCUT2D eigenvalue weighted by Gasteiger charge is 2.17. The molecule has 0 atom stereocenters. The summed E-state index contributed by atoms with van der Waals surface area (Å²) in [5.74, 6) is -0.486. The van der Waals surface area contributed by atoms with Gasteiger partial charge in [0.1, 0.15) is 11.4 Å². The summed E-state index contributed by atoms with van der Waals surface area (Å²) in [5, 5.41) is 0.0213. The van der Waals surface area contributed by atoms with E-state index in [0.29, 0.717) is 5.69 Å². The molecule has 0 fully saturated rings. The molecular formula is C8H10ClN3O2. The van der Waals surface area contributed by atoms with E-state index in [2.05, 4.69) is 9.97 Å². The Balaban J connectivity index is 3.14. The van der Waals surface area contributed by atoms with Gasteiger partial charge >= 0.3 is 5.97 Å². The third-order valence-electron chi connectivity index (χ3n) is 1.57. The summed E-state index contributed by atoms with van der Waals surface area (Å²) in [5.41, 5.74) is 6.11. The molecule has 5 nitrogen and oxygen atoms in total. The molecule has 0 radical (unpaired) electrons. The number of ether oxygens (including phenoxy) is 1. The van der Waals surface area contributed by atoms with E-state index < -0.39 is 5.97 Å². The number of aryl methyl sites for hydroxylation is 1. The van der Waals surface area contributed by atoms with Gasteiger partial charge in [0, 0.05) is 0 Å². The molecule has 1 aromatic heterocycles. The van der Waals surface area contributed by atoms with Crippen molar-refractivity contribution in [2.75, 3.05) is 12.3 Å². The van der Waals surface area contributed by atoms with Gasteiger partial charge in [0.05, 0.1) is 12.3 Å². The number of nitrogen functional groups attached to an aromatic ring is 1. The van der Waals surface area contributed by atoms with Crippen molar-refractivity contribution in [3.8, 4) is 0 Å². The minimum absolute atomic E-state index is 0.0213. The van der Waals surface area contributed by atoms with Crippen LogP contribution in [-0.2, 0) is 4.74 Å². The zero-order chi connectivity index (χ0) is 10.7. The summed E-state index contributed by atoms with van der Waals surface area (Å²) >= 11 is 5.55. The molecular weight excluding hydrogens is 206 g/mol. The molecule has 1 rings (SSSR count). The second kappa shape index (κ2) is 4.23. The number of aromatic nitrogens is 2. The SMILES string of the molecule is CCOC(=O)c1c(C)nc(Cl)nc1N. The van der Waals surface area contributed by atoms with Crippen molar-refractivity contribution < 1.29 is 9.53 Å². The monoisotopic (exact) mass is 215 g/mol. The molecule has 0 spiro atoms. The Kier molecular flexibility index (Phi) is 3.24. The Morgan fingerprint density at radius 3 is 2.71 bits per heavy atom. The summed E-state index contributed by atoms with van der Waals surface area (Å²) in [4.78, 5) is 18.9. The third-order valence-corrected chi connectivity index (χ3v) is 1.74. The average Bonchev–Trinajstić information content (AvgIpc) is 2.01. The molecule has 0 aromatic carbocycles. The van der Waals surface area contributed by atoms with Gasteiger partial charge in [-0.05, 0) is 25.4 Å². The van der Waals surface area contributed by atoms with Crippen LogP contribution in [-0.4, -0.2) is 22.5 Å². The zero-order valence-corrected chi connectivity index (χ0v) is 8.63. The highest BCUT2D eigenvalue weighted by atomic mass is 35.5. The number of carbonyl (C=O) groups excluding carboxylic acids is 1. The fraction of sp³-hybridized carbons (Fsp3) is 0.375. The molecule has 0 unspecified atom stereocenters. The summed E-state index contributed by atoms with van der Waals surface area (Å²) in [7, 11) is 0. The van der Waals surface area contributed by atoms with E-state index in [1.165, 1.54) is 0 Å². The van der Waals surface area contributed by atoms with Gasteiger partial charge in [0.2, 0.25) is 5.28 Å². The lowest BCUT2D eigenvalue weighted by molar-refractivity contribution is 0.0526. The van der Waals surface area contributed by atoms with Crippen LogP contribution in [0.25, 0.3) is 0 Å². The van der Waals surface area contributed by atoms with E-state index >= 15 is 0 Å². The lowest BCUT2D eigenvalue weighted by Crippen LogP contribution is -2.12. The van der Waals surface area contributed by atoms with Gasteiger partial charge in [-0.1, -0.05) is 0 Å². The Morgan fingerprint density at radius 1 is 1.57 bits per heavy atom. The highest BCUT2D eigenvalue weighted by molar-refractivity contribution is 6.28. The van der Waals surface area contributed by atoms with Gasteiger partial charge in [-0.25, -0.2) is 14.8 Å². The quantitative estimate of drug-likeness (QED) is 0.592.